The number of hydrazone groups is 1. The first-order valence-corrected chi connectivity index (χ1v) is 3.92. The maximum absolute atomic E-state index is 4.40. The van der Waals surface area contributed by atoms with Gasteiger partial charge in [0.15, 0.2) is 0 Å². The third kappa shape index (κ3) is 1.44. The van der Waals surface area contributed by atoms with E-state index in [1.807, 2.05) is 19.0 Å². The van der Waals surface area contributed by atoms with Crippen molar-refractivity contribution in [1.82, 2.24) is 5.01 Å². The molecule has 0 atom stereocenters. The zero-order valence-electron chi connectivity index (χ0n) is 7.97. The summed E-state index contributed by atoms with van der Waals surface area (Å²) in [5, 5.41) is 6.39. The highest BCUT2D eigenvalue weighted by Crippen LogP contribution is 2.21. The van der Waals surface area contributed by atoms with Crippen LogP contribution in [0.2, 0.25) is 0 Å². The van der Waals surface area contributed by atoms with Gasteiger partial charge in [-0.2, -0.15) is 5.10 Å². The quantitative estimate of drug-likeness (QED) is 0.518. The van der Waals surface area contributed by atoms with Gasteiger partial charge in [0, 0.05) is 7.05 Å². The fourth-order valence-electron chi connectivity index (χ4n) is 1.16. The van der Waals surface area contributed by atoms with Crippen molar-refractivity contribution in [1.29, 1.82) is 0 Å². The van der Waals surface area contributed by atoms with Crippen LogP contribution >= 0.6 is 0 Å². The van der Waals surface area contributed by atoms with Crippen LogP contribution in [0.15, 0.2) is 16.8 Å². The Bertz CT molecular complexity index is 224. The molecule has 62 valence electrons. The average Bonchev–Trinajstić information content (AvgIpc) is 1.83. The van der Waals surface area contributed by atoms with E-state index >= 15 is 0 Å². The maximum atomic E-state index is 4.40. The molecular weight excluding hydrogens is 136 g/mol. The van der Waals surface area contributed by atoms with E-state index in [9.17, 15) is 0 Å². The van der Waals surface area contributed by atoms with Crippen molar-refractivity contribution in [2.24, 2.45) is 5.10 Å². The van der Waals surface area contributed by atoms with Crippen molar-refractivity contribution in [2.45, 2.75) is 33.2 Å². The Kier molecular flexibility index (Phi) is 1.78. The van der Waals surface area contributed by atoms with Crippen LogP contribution in [0, 0.1) is 0 Å². The second-order valence-electron chi connectivity index (χ2n) is 3.69. The second kappa shape index (κ2) is 2.36. The maximum Gasteiger partial charge on any atom is 0.0705 e. The molecule has 2 heteroatoms. The summed E-state index contributed by atoms with van der Waals surface area (Å²) in [6.45, 7) is 8.46. The van der Waals surface area contributed by atoms with Crippen molar-refractivity contribution >= 4 is 5.71 Å². The van der Waals surface area contributed by atoms with Gasteiger partial charge in [-0.15, -0.1) is 0 Å². The van der Waals surface area contributed by atoms with Gasteiger partial charge in [-0.05, 0) is 33.3 Å². The van der Waals surface area contributed by atoms with Crippen molar-refractivity contribution < 1.29 is 0 Å². The normalized spacial score (nSPS) is 22.8. The first kappa shape index (κ1) is 8.31. The molecule has 0 aromatic carbocycles. The van der Waals surface area contributed by atoms with Gasteiger partial charge in [-0.25, -0.2) is 0 Å². The van der Waals surface area contributed by atoms with Crippen LogP contribution in [-0.4, -0.2) is 23.3 Å². The Labute approximate surface area is 68.6 Å². The molecule has 11 heavy (non-hydrogen) atoms. The largest absolute Gasteiger partial charge is 0.290 e. The Morgan fingerprint density at radius 2 is 1.91 bits per heavy atom. The predicted molar refractivity (Wildman–Crippen MR) is 48.7 cm³/mol. The van der Waals surface area contributed by atoms with Crippen LogP contribution in [0.5, 0.6) is 0 Å². The van der Waals surface area contributed by atoms with Gasteiger partial charge >= 0.3 is 0 Å². The summed E-state index contributed by atoms with van der Waals surface area (Å²) in [6, 6.07) is 0. The highest BCUT2D eigenvalue weighted by Gasteiger charge is 2.23. The Morgan fingerprint density at radius 3 is 2.36 bits per heavy atom. The first-order valence-electron chi connectivity index (χ1n) is 3.92. The van der Waals surface area contributed by atoms with E-state index in [2.05, 4.69) is 31.9 Å². The van der Waals surface area contributed by atoms with Gasteiger partial charge in [0.2, 0.25) is 0 Å². The van der Waals surface area contributed by atoms with Crippen LogP contribution in [0.25, 0.3) is 0 Å². The second-order valence-corrected chi connectivity index (χ2v) is 3.69. The van der Waals surface area contributed by atoms with Crippen LogP contribution < -0.4 is 0 Å². The molecule has 0 fully saturated rings. The van der Waals surface area contributed by atoms with Gasteiger partial charge in [0.25, 0.3) is 0 Å². The molecular formula is C9H16N2. The number of nitrogens with zero attached hydrogens (tertiary/aromatic N) is 2. The Morgan fingerprint density at radius 1 is 1.36 bits per heavy atom. The zero-order chi connectivity index (χ0) is 8.65. The molecule has 0 saturated heterocycles. The lowest BCUT2D eigenvalue weighted by Gasteiger charge is -2.34. The van der Waals surface area contributed by atoms with E-state index in [0.29, 0.717) is 0 Å². The fraction of sp³-hybridized carbons (Fsp3) is 0.667. The summed E-state index contributed by atoms with van der Waals surface area (Å²) in [5.41, 5.74) is 2.48. The molecule has 0 saturated carbocycles. The summed E-state index contributed by atoms with van der Waals surface area (Å²) in [4.78, 5) is 0. The fourth-order valence-corrected chi connectivity index (χ4v) is 1.16. The number of likely N-dealkylation sites (N-methyl/N-ethyl adjacent to an activating group) is 1. The monoisotopic (exact) mass is 152 g/mol. The van der Waals surface area contributed by atoms with Crippen molar-refractivity contribution in [3.8, 4) is 0 Å². The standard InChI is InChI=1S/C9H16N2/c1-7-6-9(3,4)11(5)10-8(7)2/h6H,1-5H3. The molecule has 0 N–H and O–H groups in total. The molecule has 0 aromatic rings. The number of rotatable bonds is 0. The van der Waals surface area contributed by atoms with Crippen molar-refractivity contribution in [2.75, 3.05) is 7.05 Å². The smallest absolute Gasteiger partial charge is 0.0705 e. The molecule has 0 radical (unpaired) electrons. The van der Waals surface area contributed by atoms with Crippen LogP contribution in [0.1, 0.15) is 27.7 Å². The van der Waals surface area contributed by atoms with E-state index in [0.717, 1.165) is 5.71 Å². The van der Waals surface area contributed by atoms with Gasteiger partial charge < -0.3 is 0 Å². The SMILES string of the molecule is CC1=CC(C)(C)N(C)N=C1C. The van der Waals surface area contributed by atoms with Gasteiger partial charge in [-0.3, -0.25) is 5.01 Å². The molecule has 1 rings (SSSR count). The van der Waals surface area contributed by atoms with E-state index in [4.69, 9.17) is 0 Å². The minimum atomic E-state index is 0.0730. The third-order valence-corrected chi connectivity index (χ3v) is 2.27. The van der Waals surface area contributed by atoms with Gasteiger partial charge in [0.1, 0.15) is 0 Å². The lowest BCUT2D eigenvalue weighted by atomic mass is 9.98. The molecule has 2 nitrogen and oxygen atoms in total. The van der Waals surface area contributed by atoms with Crippen molar-refractivity contribution in [3.05, 3.63) is 11.6 Å². The van der Waals surface area contributed by atoms with Crippen LogP contribution in [0.4, 0.5) is 0 Å². The summed E-state index contributed by atoms with van der Waals surface area (Å²) >= 11 is 0. The molecule has 0 unspecified atom stereocenters. The molecule has 0 spiro atoms. The molecule has 0 bridgehead atoms. The minimum absolute atomic E-state index is 0.0730. The molecule has 0 aromatic heterocycles. The lowest BCUT2D eigenvalue weighted by molar-refractivity contribution is 0.209. The van der Waals surface area contributed by atoms with Crippen LogP contribution in [-0.2, 0) is 0 Å². The summed E-state index contributed by atoms with van der Waals surface area (Å²) in [7, 11) is 2.01. The molecule has 0 amide bonds. The Hall–Kier alpha value is -0.790. The van der Waals surface area contributed by atoms with E-state index in [1.54, 1.807) is 0 Å². The van der Waals surface area contributed by atoms with E-state index in [1.165, 1.54) is 5.57 Å². The first-order chi connectivity index (χ1) is 4.93. The van der Waals surface area contributed by atoms with Gasteiger partial charge in [0.05, 0.1) is 11.3 Å². The molecule has 1 aliphatic rings. The highest BCUT2D eigenvalue weighted by atomic mass is 15.5. The zero-order valence-corrected chi connectivity index (χ0v) is 7.97. The Balaban J connectivity index is 2.98. The predicted octanol–water partition coefficient (Wildman–Crippen LogP) is 2.03. The van der Waals surface area contributed by atoms with Crippen LogP contribution in [0.3, 0.4) is 0 Å². The van der Waals surface area contributed by atoms with Gasteiger partial charge in [-0.1, -0.05) is 6.08 Å². The number of hydrogen-bond donors (Lipinski definition) is 0. The highest BCUT2D eigenvalue weighted by molar-refractivity contribution is 5.98. The third-order valence-electron chi connectivity index (χ3n) is 2.27. The summed E-state index contributed by atoms with van der Waals surface area (Å²) in [5.74, 6) is 0. The molecule has 1 heterocycles. The van der Waals surface area contributed by atoms with Crippen molar-refractivity contribution in [3.63, 3.8) is 0 Å². The van der Waals surface area contributed by atoms with E-state index in [-0.39, 0.29) is 5.54 Å². The number of hydrogen-bond acceptors (Lipinski definition) is 2. The topological polar surface area (TPSA) is 15.6 Å². The minimum Gasteiger partial charge on any atom is -0.290 e. The van der Waals surface area contributed by atoms with E-state index < -0.39 is 0 Å². The summed E-state index contributed by atoms with van der Waals surface area (Å²) in [6.07, 6.45) is 2.25. The summed E-state index contributed by atoms with van der Waals surface area (Å²) < 4.78 is 0. The lowest BCUT2D eigenvalue weighted by Crippen LogP contribution is -2.39. The molecule has 1 aliphatic heterocycles. The molecule has 0 aliphatic carbocycles. The average molecular weight is 152 g/mol. The number of allylic oxidation sites excluding steroid dienone is 1.